The van der Waals surface area contributed by atoms with Gasteiger partial charge in [0.2, 0.25) is 0 Å². The van der Waals surface area contributed by atoms with Gasteiger partial charge in [0.05, 0.1) is 10.5 Å². The molecule has 0 saturated heterocycles. The Bertz CT molecular complexity index is 804. The summed E-state index contributed by atoms with van der Waals surface area (Å²) in [7, 11) is -4.34. The van der Waals surface area contributed by atoms with Crippen molar-refractivity contribution in [3.8, 4) is 0 Å². The molecule has 0 spiro atoms. The summed E-state index contributed by atoms with van der Waals surface area (Å²) in [5.74, 6) is 0. The van der Waals surface area contributed by atoms with Crippen molar-refractivity contribution in [1.29, 1.82) is 0 Å². The summed E-state index contributed by atoms with van der Waals surface area (Å²) in [4.78, 5) is -0.803. The molecule has 0 bridgehead atoms. The Hall–Kier alpha value is -1.54. The molecule has 0 aliphatic heterocycles. The van der Waals surface area contributed by atoms with Gasteiger partial charge in [-0.3, -0.25) is 4.72 Å². The van der Waals surface area contributed by atoms with E-state index in [-0.39, 0.29) is 5.69 Å². The van der Waals surface area contributed by atoms with Crippen LogP contribution in [0.4, 0.5) is 18.9 Å². The third kappa shape index (κ3) is 3.61. The van der Waals surface area contributed by atoms with E-state index < -0.39 is 26.7 Å². The fourth-order valence-corrected chi connectivity index (χ4v) is 3.38. The molecule has 22 heavy (non-hydrogen) atoms. The van der Waals surface area contributed by atoms with Gasteiger partial charge in [0.25, 0.3) is 10.0 Å². The maximum atomic E-state index is 12.9. The zero-order valence-corrected chi connectivity index (χ0v) is 13.7. The number of hydrogen-bond donors (Lipinski definition) is 1. The fourth-order valence-electron chi connectivity index (χ4n) is 1.85. The van der Waals surface area contributed by atoms with Crippen molar-refractivity contribution in [2.24, 2.45) is 0 Å². The highest BCUT2D eigenvalue weighted by Gasteiger charge is 2.36. The van der Waals surface area contributed by atoms with Gasteiger partial charge in [-0.2, -0.15) is 13.2 Å². The van der Waals surface area contributed by atoms with Crippen LogP contribution in [0.25, 0.3) is 0 Å². The Kier molecular flexibility index (Phi) is 4.53. The van der Waals surface area contributed by atoms with Crippen LogP contribution in [0.5, 0.6) is 0 Å². The topological polar surface area (TPSA) is 46.2 Å². The number of sulfonamides is 1. The lowest BCUT2D eigenvalue weighted by Crippen LogP contribution is -2.18. The van der Waals surface area contributed by atoms with Gasteiger partial charge in [-0.15, -0.1) is 0 Å². The first-order valence-corrected chi connectivity index (χ1v) is 8.34. The van der Waals surface area contributed by atoms with Crippen LogP contribution in [0.15, 0.2) is 51.8 Å². The molecule has 2 aromatic rings. The van der Waals surface area contributed by atoms with Crippen molar-refractivity contribution < 1.29 is 21.6 Å². The highest BCUT2D eigenvalue weighted by atomic mass is 79.9. The van der Waals surface area contributed by atoms with Crippen molar-refractivity contribution in [3.63, 3.8) is 0 Å². The molecule has 2 aromatic carbocycles. The number of nitrogens with one attached hydrogen (secondary N) is 1. The number of aryl methyl sites for hydroxylation is 1. The SMILES string of the molecule is Cc1cc(NS(=O)(=O)c2ccccc2C(F)(F)F)ccc1Br. The minimum Gasteiger partial charge on any atom is -0.280 e. The summed E-state index contributed by atoms with van der Waals surface area (Å²) < 4.78 is 66.2. The third-order valence-electron chi connectivity index (χ3n) is 2.89. The largest absolute Gasteiger partial charge is 0.417 e. The molecule has 1 N–H and O–H groups in total. The van der Waals surface area contributed by atoms with E-state index in [9.17, 15) is 21.6 Å². The monoisotopic (exact) mass is 393 g/mol. The summed E-state index contributed by atoms with van der Waals surface area (Å²) in [6.45, 7) is 1.74. The van der Waals surface area contributed by atoms with Crippen LogP contribution < -0.4 is 4.72 Å². The molecular weight excluding hydrogens is 383 g/mol. The molecule has 0 saturated carbocycles. The van der Waals surface area contributed by atoms with Crippen LogP contribution in [0.2, 0.25) is 0 Å². The second-order valence-corrected chi connectivity index (χ2v) is 7.07. The first-order valence-electron chi connectivity index (χ1n) is 6.06. The first-order chi connectivity index (χ1) is 10.1. The maximum absolute atomic E-state index is 12.9. The van der Waals surface area contributed by atoms with Crippen LogP contribution in [0.1, 0.15) is 11.1 Å². The number of halogens is 4. The molecule has 0 aliphatic carbocycles. The van der Waals surface area contributed by atoms with Crippen LogP contribution >= 0.6 is 15.9 Å². The average molecular weight is 394 g/mol. The van der Waals surface area contributed by atoms with Gasteiger partial charge in [-0.1, -0.05) is 28.1 Å². The lowest BCUT2D eigenvalue weighted by atomic mass is 10.2. The van der Waals surface area contributed by atoms with Crippen LogP contribution in [-0.2, 0) is 16.2 Å². The van der Waals surface area contributed by atoms with Crippen LogP contribution in [0.3, 0.4) is 0 Å². The summed E-state index contributed by atoms with van der Waals surface area (Å²) >= 11 is 3.27. The molecule has 8 heteroatoms. The Morgan fingerprint density at radius 2 is 1.73 bits per heavy atom. The summed E-state index contributed by atoms with van der Waals surface area (Å²) in [5.41, 5.74) is -0.252. The molecule has 3 nitrogen and oxygen atoms in total. The number of benzene rings is 2. The molecule has 0 unspecified atom stereocenters. The van der Waals surface area contributed by atoms with Crippen molar-refractivity contribution in [2.75, 3.05) is 4.72 Å². The summed E-state index contributed by atoms with van der Waals surface area (Å²) in [6, 6.07) is 8.66. The van der Waals surface area contributed by atoms with Gasteiger partial charge >= 0.3 is 6.18 Å². The Labute approximate surface area is 134 Å². The number of anilines is 1. The highest BCUT2D eigenvalue weighted by Crippen LogP contribution is 2.34. The zero-order chi connectivity index (χ0) is 16.5. The third-order valence-corrected chi connectivity index (χ3v) is 5.22. The van der Waals surface area contributed by atoms with E-state index in [1.165, 1.54) is 18.2 Å². The van der Waals surface area contributed by atoms with E-state index >= 15 is 0 Å². The van der Waals surface area contributed by atoms with Gasteiger partial charge in [0.15, 0.2) is 0 Å². The van der Waals surface area contributed by atoms with Gasteiger partial charge in [-0.25, -0.2) is 8.42 Å². The quantitative estimate of drug-likeness (QED) is 0.829. The zero-order valence-electron chi connectivity index (χ0n) is 11.3. The lowest BCUT2D eigenvalue weighted by Gasteiger charge is -2.14. The van der Waals surface area contributed by atoms with Gasteiger partial charge in [-0.05, 0) is 42.8 Å². The molecule has 118 valence electrons. The standard InChI is InChI=1S/C14H11BrF3NO2S/c1-9-8-10(6-7-12(9)15)19-22(20,21)13-5-3-2-4-11(13)14(16,17)18/h2-8,19H,1H3. The normalized spacial score (nSPS) is 12.2. The molecule has 2 rings (SSSR count). The fraction of sp³-hybridized carbons (Fsp3) is 0.143. The summed E-state index contributed by atoms with van der Waals surface area (Å²) in [6.07, 6.45) is -4.75. The summed E-state index contributed by atoms with van der Waals surface area (Å²) in [5, 5.41) is 0. The van der Waals surface area contributed by atoms with Crippen molar-refractivity contribution >= 4 is 31.6 Å². The number of alkyl halides is 3. The van der Waals surface area contributed by atoms with E-state index in [1.807, 2.05) is 0 Å². The van der Waals surface area contributed by atoms with E-state index in [1.54, 1.807) is 13.0 Å². The average Bonchev–Trinajstić information content (AvgIpc) is 2.42. The molecular formula is C14H11BrF3NO2S. The van der Waals surface area contributed by atoms with Crippen molar-refractivity contribution in [2.45, 2.75) is 18.0 Å². The van der Waals surface area contributed by atoms with Crippen molar-refractivity contribution in [3.05, 3.63) is 58.1 Å². The van der Waals surface area contributed by atoms with Gasteiger partial charge in [0, 0.05) is 10.2 Å². The van der Waals surface area contributed by atoms with E-state index in [2.05, 4.69) is 20.7 Å². The Morgan fingerprint density at radius 3 is 2.32 bits per heavy atom. The molecule has 0 aromatic heterocycles. The van der Waals surface area contributed by atoms with Gasteiger partial charge in [0.1, 0.15) is 0 Å². The highest BCUT2D eigenvalue weighted by molar-refractivity contribution is 9.10. The number of rotatable bonds is 3. The van der Waals surface area contributed by atoms with Crippen LogP contribution in [-0.4, -0.2) is 8.42 Å². The smallest absolute Gasteiger partial charge is 0.280 e. The van der Waals surface area contributed by atoms with Gasteiger partial charge < -0.3 is 0 Å². The molecule has 0 radical (unpaired) electrons. The molecule has 0 amide bonds. The molecule has 0 fully saturated rings. The predicted octanol–water partition coefficient (Wildman–Crippen LogP) is 4.58. The molecule has 0 heterocycles. The Morgan fingerprint density at radius 1 is 1.09 bits per heavy atom. The molecule has 0 atom stereocenters. The van der Waals surface area contributed by atoms with Crippen LogP contribution in [0, 0.1) is 6.92 Å². The Balaban J connectivity index is 2.45. The maximum Gasteiger partial charge on any atom is 0.417 e. The lowest BCUT2D eigenvalue weighted by molar-refractivity contribution is -0.139. The second kappa shape index (κ2) is 5.92. The minimum absolute atomic E-state index is 0.192. The minimum atomic E-state index is -4.75. The second-order valence-electron chi connectivity index (χ2n) is 4.56. The van der Waals surface area contributed by atoms with E-state index in [0.717, 1.165) is 28.2 Å². The first kappa shape index (κ1) is 16.8. The number of hydrogen-bond acceptors (Lipinski definition) is 2. The van der Waals surface area contributed by atoms with Crippen molar-refractivity contribution in [1.82, 2.24) is 0 Å². The van der Waals surface area contributed by atoms with E-state index in [0.29, 0.717) is 0 Å². The van der Waals surface area contributed by atoms with E-state index in [4.69, 9.17) is 0 Å². The predicted molar refractivity (Wildman–Crippen MR) is 81.1 cm³/mol. The molecule has 0 aliphatic rings.